The molecule has 3 atom stereocenters. The highest BCUT2D eigenvalue weighted by Gasteiger charge is 2.27. The Morgan fingerprint density at radius 1 is 0.683 bits per heavy atom. The Kier molecular flexibility index (Phi) is 27.1. The fourth-order valence-corrected chi connectivity index (χ4v) is 5.09. The lowest BCUT2D eigenvalue weighted by molar-refractivity contribution is -0.154. The maximum absolute atomic E-state index is 12.4. The molecular weight excluding hydrogens is 549 g/mol. The van der Waals surface area contributed by atoms with Gasteiger partial charge in [-0.2, -0.15) is 0 Å². The number of phosphoric ester groups is 1. The van der Waals surface area contributed by atoms with E-state index >= 15 is 0 Å². The molecule has 0 aliphatic carbocycles. The summed E-state index contributed by atoms with van der Waals surface area (Å²) in [5, 5.41) is 8.81. The lowest BCUT2D eigenvalue weighted by Gasteiger charge is -2.20. The van der Waals surface area contributed by atoms with Gasteiger partial charge in [0.1, 0.15) is 12.1 Å². The Balaban J connectivity index is 4.35. The summed E-state index contributed by atoms with van der Waals surface area (Å²) < 4.78 is 32.9. The summed E-state index contributed by atoms with van der Waals surface area (Å²) >= 11 is 0. The zero-order chi connectivity index (χ0) is 30.6. The SMILES string of the molecule is CCCCCCCCCCCCCOCC(COP(=O)(O)OCC(N)C(=O)O)OC(=O)CCCCCCCCCC. The van der Waals surface area contributed by atoms with Crippen molar-refractivity contribution < 1.29 is 42.7 Å². The van der Waals surface area contributed by atoms with Crippen LogP contribution >= 0.6 is 7.82 Å². The summed E-state index contributed by atoms with van der Waals surface area (Å²) in [6, 6.07) is -1.46. The number of rotatable bonds is 31. The van der Waals surface area contributed by atoms with E-state index in [0.717, 1.165) is 38.5 Å². The van der Waals surface area contributed by atoms with Crippen LogP contribution in [0.5, 0.6) is 0 Å². The van der Waals surface area contributed by atoms with Gasteiger partial charge in [0.25, 0.3) is 0 Å². The van der Waals surface area contributed by atoms with Crippen LogP contribution in [-0.4, -0.2) is 60.5 Å². The summed E-state index contributed by atoms with van der Waals surface area (Å²) in [7, 11) is -4.59. The van der Waals surface area contributed by atoms with Crippen molar-refractivity contribution in [3.05, 3.63) is 0 Å². The van der Waals surface area contributed by atoms with E-state index in [9.17, 15) is 19.0 Å². The maximum atomic E-state index is 12.4. The average molecular weight is 610 g/mol. The summed E-state index contributed by atoms with van der Waals surface area (Å²) in [6.07, 6.45) is 21.7. The first-order chi connectivity index (χ1) is 19.7. The van der Waals surface area contributed by atoms with Gasteiger partial charge in [0.05, 0.1) is 19.8 Å². The molecule has 0 fully saturated rings. The molecule has 3 unspecified atom stereocenters. The molecule has 0 spiro atoms. The van der Waals surface area contributed by atoms with Crippen molar-refractivity contribution in [2.75, 3.05) is 26.4 Å². The number of hydrogen-bond acceptors (Lipinski definition) is 8. The molecule has 0 aromatic carbocycles. The molecule has 0 saturated carbocycles. The van der Waals surface area contributed by atoms with E-state index in [2.05, 4.69) is 18.4 Å². The molecule has 41 heavy (non-hydrogen) atoms. The van der Waals surface area contributed by atoms with Crippen molar-refractivity contribution >= 4 is 19.8 Å². The molecule has 0 heterocycles. The van der Waals surface area contributed by atoms with Crippen LogP contribution in [0.15, 0.2) is 0 Å². The molecule has 244 valence electrons. The number of nitrogens with two attached hydrogens (primary N) is 1. The van der Waals surface area contributed by atoms with Gasteiger partial charge in [-0.15, -0.1) is 0 Å². The Morgan fingerprint density at radius 3 is 1.61 bits per heavy atom. The lowest BCUT2D eigenvalue weighted by atomic mass is 10.1. The zero-order valence-electron chi connectivity index (χ0n) is 25.9. The largest absolute Gasteiger partial charge is 0.480 e. The van der Waals surface area contributed by atoms with E-state index in [4.69, 9.17) is 24.8 Å². The first kappa shape index (κ1) is 40.0. The molecule has 10 nitrogen and oxygen atoms in total. The van der Waals surface area contributed by atoms with Crippen LogP contribution in [0, 0.1) is 0 Å². The molecule has 0 aliphatic heterocycles. The molecule has 0 bridgehead atoms. The highest BCUT2D eigenvalue weighted by atomic mass is 31.2. The summed E-state index contributed by atoms with van der Waals surface area (Å²) in [4.78, 5) is 33.1. The smallest absolute Gasteiger partial charge is 0.472 e. The van der Waals surface area contributed by atoms with E-state index in [1.54, 1.807) is 0 Å². The second-order valence-corrected chi connectivity index (χ2v) is 12.4. The predicted molar refractivity (Wildman–Crippen MR) is 162 cm³/mol. The second kappa shape index (κ2) is 27.8. The van der Waals surface area contributed by atoms with Gasteiger partial charge in [0.2, 0.25) is 0 Å². The van der Waals surface area contributed by atoms with E-state index in [0.29, 0.717) is 13.0 Å². The normalized spacial score (nSPS) is 14.4. The number of ether oxygens (including phenoxy) is 2. The molecular formula is C30H60NO9P. The van der Waals surface area contributed by atoms with E-state index < -0.39 is 45.1 Å². The highest BCUT2D eigenvalue weighted by molar-refractivity contribution is 7.47. The first-order valence-corrected chi connectivity index (χ1v) is 17.6. The molecule has 0 rings (SSSR count). The third-order valence-corrected chi connectivity index (χ3v) is 7.84. The number of esters is 1. The first-order valence-electron chi connectivity index (χ1n) is 16.1. The lowest BCUT2D eigenvalue weighted by Crippen LogP contribution is -2.34. The number of carboxylic acid groups (broad SMARTS) is 1. The topological polar surface area (TPSA) is 155 Å². The Labute approximate surface area is 249 Å². The number of unbranched alkanes of at least 4 members (excludes halogenated alkanes) is 17. The number of hydrogen-bond donors (Lipinski definition) is 3. The summed E-state index contributed by atoms with van der Waals surface area (Å²) in [5.74, 6) is -1.78. The van der Waals surface area contributed by atoms with Crippen LogP contribution < -0.4 is 5.73 Å². The molecule has 0 saturated heterocycles. The van der Waals surface area contributed by atoms with Crippen molar-refractivity contribution in [1.29, 1.82) is 0 Å². The van der Waals surface area contributed by atoms with Gasteiger partial charge in [-0.3, -0.25) is 18.6 Å². The van der Waals surface area contributed by atoms with Crippen LogP contribution in [0.2, 0.25) is 0 Å². The van der Waals surface area contributed by atoms with Crippen molar-refractivity contribution in [3.8, 4) is 0 Å². The molecule has 4 N–H and O–H groups in total. The van der Waals surface area contributed by atoms with Gasteiger partial charge in [0.15, 0.2) is 0 Å². The molecule has 0 aromatic rings. The Hall–Kier alpha value is -1.03. The van der Waals surface area contributed by atoms with E-state index in [1.807, 2.05) is 0 Å². The average Bonchev–Trinajstić information content (AvgIpc) is 2.94. The Morgan fingerprint density at radius 2 is 1.12 bits per heavy atom. The van der Waals surface area contributed by atoms with Gasteiger partial charge >= 0.3 is 19.8 Å². The van der Waals surface area contributed by atoms with Gasteiger partial charge < -0.3 is 25.2 Å². The van der Waals surface area contributed by atoms with Crippen molar-refractivity contribution in [3.63, 3.8) is 0 Å². The van der Waals surface area contributed by atoms with Gasteiger partial charge in [-0.25, -0.2) is 4.57 Å². The number of carbonyl (C=O) groups is 2. The van der Waals surface area contributed by atoms with Crippen molar-refractivity contribution in [1.82, 2.24) is 0 Å². The minimum absolute atomic E-state index is 0.0234. The van der Waals surface area contributed by atoms with Crippen molar-refractivity contribution in [2.24, 2.45) is 5.73 Å². The fourth-order valence-electron chi connectivity index (χ4n) is 4.31. The van der Waals surface area contributed by atoms with Crippen LogP contribution in [0.25, 0.3) is 0 Å². The van der Waals surface area contributed by atoms with E-state index in [-0.39, 0.29) is 13.0 Å². The van der Waals surface area contributed by atoms with Crippen LogP contribution in [-0.2, 0) is 32.7 Å². The number of phosphoric acid groups is 1. The Bertz CT molecular complexity index is 680. The monoisotopic (exact) mass is 609 g/mol. The molecule has 0 amide bonds. The van der Waals surface area contributed by atoms with Gasteiger partial charge in [-0.1, -0.05) is 123 Å². The minimum Gasteiger partial charge on any atom is -0.480 e. The third kappa shape index (κ3) is 27.5. The highest BCUT2D eigenvalue weighted by Crippen LogP contribution is 2.43. The predicted octanol–water partition coefficient (Wildman–Crippen LogP) is 7.30. The van der Waals surface area contributed by atoms with Crippen LogP contribution in [0.4, 0.5) is 0 Å². The number of carbonyl (C=O) groups excluding carboxylic acids is 1. The van der Waals surface area contributed by atoms with Gasteiger partial charge in [-0.05, 0) is 12.8 Å². The minimum atomic E-state index is -4.59. The fraction of sp³-hybridized carbons (Fsp3) is 0.933. The standard InChI is InChI=1S/C30H60NO9P/c1-3-5-7-9-11-13-14-15-17-19-21-23-37-24-27(25-38-41(35,36)39-26-28(31)30(33)34)40-29(32)22-20-18-16-12-10-8-6-4-2/h27-28H,3-26,31H2,1-2H3,(H,33,34)(H,35,36). The number of carboxylic acids is 1. The third-order valence-electron chi connectivity index (χ3n) is 6.89. The summed E-state index contributed by atoms with van der Waals surface area (Å²) in [5.41, 5.74) is 5.30. The molecule has 0 aromatic heterocycles. The second-order valence-electron chi connectivity index (χ2n) is 11.0. The molecule has 11 heteroatoms. The number of aliphatic carboxylic acids is 1. The van der Waals surface area contributed by atoms with Crippen LogP contribution in [0.1, 0.15) is 142 Å². The van der Waals surface area contributed by atoms with Gasteiger partial charge in [0, 0.05) is 13.0 Å². The molecule has 0 radical (unpaired) electrons. The van der Waals surface area contributed by atoms with E-state index in [1.165, 1.54) is 77.0 Å². The quantitative estimate of drug-likeness (QED) is 0.0414. The zero-order valence-corrected chi connectivity index (χ0v) is 26.8. The summed E-state index contributed by atoms with van der Waals surface area (Å²) in [6.45, 7) is 3.82. The molecule has 0 aliphatic rings. The van der Waals surface area contributed by atoms with Crippen molar-refractivity contribution in [2.45, 2.75) is 154 Å². The maximum Gasteiger partial charge on any atom is 0.472 e. The van der Waals surface area contributed by atoms with Crippen LogP contribution in [0.3, 0.4) is 0 Å².